The summed E-state index contributed by atoms with van der Waals surface area (Å²) in [6.45, 7) is 3.01. The molecule has 1 N–H and O–H groups in total. The Hall–Kier alpha value is -1.43. The van der Waals surface area contributed by atoms with Crippen LogP contribution in [0.3, 0.4) is 0 Å². The minimum Gasteiger partial charge on any atom is -0.465 e. The van der Waals surface area contributed by atoms with Crippen LogP contribution in [-0.4, -0.2) is 32.0 Å². The number of ether oxygens (including phenoxy) is 3. The summed E-state index contributed by atoms with van der Waals surface area (Å²) in [5.74, 6) is -0.286. The number of rotatable bonds is 7. The van der Waals surface area contributed by atoms with Crippen molar-refractivity contribution in [3.8, 4) is 0 Å². The second kappa shape index (κ2) is 8.77. The van der Waals surface area contributed by atoms with Gasteiger partial charge in [0.25, 0.3) is 0 Å². The lowest BCUT2D eigenvalue weighted by Crippen LogP contribution is -2.34. The maximum absolute atomic E-state index is 11.5. The average Bonchev–Trinajstić information content (AvgIpc) is 2.53. The topological polar surface area (TPSA) is 56.8 Å². The highest BCUT2D eigenvalue weighted by Gasteiger charge is 2.21. The molecule has 5 nitrogen and oxygen atoms in total. The minimum atomic E-state index is -0.376. The molecule has 2 atom stereocenters. The third-order valence-electron chi connectivity index (χ3n) is 3.27. The Morgan fingerprint density at radius 2 is 2.19 bits per heavy atom. The highest BCUT2D eigenvalue weighted by Crippen LogP contribution is 2.21. The second-order valence-corrected chi connectivity index (χ2v) is 4.91. The van der Waals surface area contributed by atoms with Gasteiger partial charge >= 0.3 is 5.97 Å². The summed E-state index contributed by atoms with van der Waals surface area (Å²) in [5.41, 5.74) is 0.968. The number of carbonyl (C=O) groups excluding carboxylic acids is 1. The Kier molecular flexibility index (Phi) is 6.66. The van der Waals surface area contributed by atoms with E-state index < -0.39 is 0 Å². The molecule has 0 radical (unpaired) electrons. The van der Waals surface area contributed by atoms with Crippen molar-refractivity contribution in [3.63, 3.8) is 0 Å². The highest BCUT2D eigenvalue weighted by atomic mass is 16.7. The van der Waals surface area contributed by atoms with Crippen molar-refractivity contribution in [1.29, 1.82) is 0 Å². The van der Waals surface area contributed by atoms with E-state index in [1.54, 1.807) is 6.92 Å². The van der Waals surface area contributed by atoms with Crippen molar-refractivity contribution in [3.05, 3.63) is 35.9 Å². The third kappa shape index (κ3) is 5.46. The summed E-state index contributed by atoms with van der Waals surface area (Å²) >= 11 is 0. The lowest BCUT2D eigenvalue weighted by atomic mass is 10.2. The van der Waals surface area contributed by atoms with E-state index in [2.05, 4.69) is 5.32 Å². The Morgan fingerprint density at radius 1 is 1.38 bits per heavy atom. The van der Waals surface area contributed by atoms with Gasteiger partial charge in [-0.2, -0.15) is 0 Å². The van der Waals surface area contributed by atoms with Gasteiger partial charge in [-0.05, 0) is 31.7 Å². The molecule has 1 saturated heterocycles. The van der Waals surface area contributed by atoms with Crippen molar-refractivity contribution in [2.24, 2.45) is 0 Å². The van der Waals surface area contributed by atoms with Crippen LogP contribution in [0.25, 0.3) is 0 Å². The Balaban J connectivity index is 1.94. The molecular weight excluding hydrogens is 270 g/mol. The van der Waals surface area contributed by atoms with E-state index in [0.717, 1.165) is 31.4 Å². The largest absolute Gasteiger partial charge is 0.465 e. The summed E-state index contributed by atoms with van der Waals surface area (Å²) in [5, 5.41) is 3.09. The van der Waals surface area contributed by atoms with Crippen LogP contribution in [0.15, 0.2) is 30.3 Å². The Bertz CT molecular complexity index is 418. The maximum Gasteiger partial charge on any atom is 0.319 e. The third-order valence-corrected chi connectivity index (χ3v) is 3.27. The van der Waals surface area contributed by atoms with Crippen LogP contribution in [0.5, 0.6) is 0 Å². The zero-order valence-electron chi connectivity index (χ0n) is 12.4. The molecule has 1 aromatic rings. The molecule has 1 fully saturated rings. The molecule has 0 saturated carbocycles. The van der Waals surface area contributed by atoms with E-state index in [1.807, 2.05) is 30.3 Å². The fourth-order valence-electron chi connectivity index (χ4n) is 2.23. The molecule has 1 aromatic carbocycles. The van der Waals surface area contributed by atoms with Gasteiger partial charge in [0.15, 0.2) is 6.29 Å². The molecule has 0 aromatic heterocycles. The zero-order valence-corrected chi connectivity index (χ0v) is 12.4. The average molecular weight is 293 g/mol. The van der Waals surface area contributed by atoms with Gasteiger partial charge in [-0.25, -0.2) is 0 Å². The number of carbonyl (C=O) groups is 1. The molecule has 2 rings (SSSR count). The quantitative estimate of drug-likeness (QED) is 0.618. The van der Waals surface area contributed by atoms with Gasteiger partial charge in [0.1, 0.15) is 6.23 Å². The summed E-state index contributed by atoms with van der Waals surface area (Å²) < 4.78 is 16.5. The van der Waals surface area contributed by atoms with Crippen LogP contribution in [0.1, 0.15) is 38.0 Å². The Morgan fingerprint density at radius 3 is 2.86 bits per heavy atom. The molecule has 0 amide bonds. The van der Waals surface area contributed by atoms with Gasteiger partial charge in [0.2, 0.25) is 0 Å². The molecular formula is C16H23NO4. The van der Waals surface area contributed by atoms with Crippen molar-refractivity contribution in [1.82, 2.24) is 5.32 Å². The fourth-order valence-corrected chi connectivity index (χ4v) is 2.23. The fraction of sp³-hybridized carbons (Fsp3) is 0.562. The van der Waals surface area contributed by atoms with Crippen LogP contribution < -0.4 is 5.32 Å². The van der Waals surface area contributed by atoms with Crippen molar-refractivity contribution >= 4 is 5.97 Å². The van der Waals surface area contributed by atoms with Crippen molar-refractivity contribution in [2.45, 2.75) is 38.7 Å². The van der Waals surface area contributed by atoms with Gasteiger partial charge < -0.3 is 14.2 Å². The van der Waals surface area contributed by atoms with E-state index in [-0.39, 0.29) is 25.0 Å². The molecule has 5 heteroatoms. The first kappa shape index (κ1) is 15.9. The van der Waals surface area contributed by atoms with Crippen LogP contribution in [0.2, 0.25) is 0 Å². The molecule has 1 aliphatic rings. The van der Waals surface area contributed by atoms with E-state index in [9.17, 15) is 4.79 Å². The molecule has 0 aliphatic carbocycles. The lowest BCUT2D eigenvalue weighted by Gasteiger charge is -2.28. The molecule has 21 heavy (non-hydrogen) atoms. The number of hydrogen-bond donors (Lipinski definition) is 1. The molecule has 0 bridgehead atoms. The smallest absolute Gasteiger partial charge is 0.319 e. The standard InChI is InChI=1S/C16H23NO4/c1-2-19-14(18)12-17-16(13-8-4-3-5-9-13)21-15-10-6-7-11-20-15/h3-5,8-9,15-17H,2,6-7,10-12H2,1H3. The van der Waals surface area contributed by atoms with Gasteiger partial charge in [-0.15, -0.1) is 0 Å². The van der Waals surface area contributed by atoms with E-state index in [0.29, 0.717) is 6.61 Å². The first-order chi connectivity index (χ1) is 10.3. The summed E-state index contributed by atoms with van der Waals surface area (Å²) in [4.78, 5) is 11.5. The molecule has 1 heterocycles. The number of nitrogens with one attached hydrogen (secondary N) is 1. The van der Waals surface area contributed by atoms with Crippen LogP contribution in [0.4, 0.5) is 0 Å². The first-order valence-electron chi connectivity index (χ1n) is 7.50. The molecule has 0 spiro atoms. The Labute approximate surface area is 125 Å². The van der Waals surface area contributed by atoms with E-state index in [1.165, 1.54) is 0 Å². The zero-order chi connectivity index (χ0) is 14.9. The van der Waals surface area contributed by atoms with Crippen LogP contribution in [0, 0.1) is 0 Å². The molecule has 116 valence electrons. The molecule has 1 aliphatic heterocycles. The van der Waals surface area contributed by atoms with Crippen molar-refractivity contribution < 1.29 is 19.0 Å². The highest BCUT2D eigenvalue weighted by molar-refractivity contribution is 5.71. The minimum absolute atomic E-state index is 0.111. The van der Waals surface area contributed by atoms with E-state index in [4.69, 9.17) is 14.2 Å². The summed E-state index contributed by atoms with van der Waals surface area (Å²) in [7, 11) is 0. The number of esters is 1. The second-order valence-electron chi connectivity index (χ2n) is 4.91. The summed E-state index contributed by atoms with van der Waals surface area (Å²) in [6, 6.07) is 9.76. The van der Waals surface area contributed by atoms with Crippen LogP contribution >= 0.6 is 0 Å². The molecule has 2 unspecified atom stereocenters. The van der Waals surface area contributed by atoms with Gasteiger partial charge in [-0.3, -0.25) is 10.1 Å². The van der Waals surface area contributed by atoms with Crippen molar-refractivity contribution in [2.75, 3.05) is 19.8 Å². The number of benzene rings is 1. The maximum atomic E-state index is 11.5. The van der Waals surface area contributed by atoms with Gasteiger partial charge in [-0.1, -0.05) is 30.3 Å². The normalized spacial score (nSPS) is 20.0. The van der Waals surface area contributed by atoms with Gasteiger partial charge in [0.05, 0.1) is 13.2 Å². The monoisotopic (exact) mass is 293 g/mol. The van der Waals surface area contributed by atoms with Crippen LogP contribution in [-0.2, 0) is 19.0 Å². The predicted octanol–water partition coefficient (Wildman–Crippen LogP) is 2.38. The van der Waals surface area contributed by atoms with Gasteiger partial charge in [0, 0.05) is 6.61 Å². The SMILES string of the molecule is CCOC(=O)CNC(OC1CCCCO1)c1ccccc1. The summed E-state index contributed by atoms with van der Waals surface area (Å²) in [6.07, 6.45) is 2.46. The predicted molar refractivity (Wildman–Crippen MR) is 78.5 cm³/mol. The first-order valence-corrected chi connectivity index (χ1v) is 7.50. The number of hydrogen-bond acceptors (Lipinski definition) is 5. The lowest BCUT2D eigenvalue weighted by molar-refractivity contribution is -0.197. The van der Waals surface area contributed by atoms with E-state index >= 15 is 0 Å².